The van der Waals surface area contributed by atoms with Crippen molar-refractivity contribution in [2.24, 2.45) is 0 Å². The number of ether oxygens (including phenoxy) is 1. The van der Waals surface area contributed by atoms with E-state index in [1.54, 1.807) is 31.3 Å². The minimum absolute atomic E-state index is 0.0913. The highest BCUT2D eigenvalue weighted by Crippen LogP contribution is 2.42. The van der Waals surface area contributed by atoms with Crippen LogP contribution in [0.15, 0.2) is 30.5 Å². The normalized spacial score (nSPS) is 18.2. The van der Waals surface area contributed by atoms with E-state index in [0.29, 0.717) is 24.4 Å². The Kier molecular flexibility index (Phi) is 6.69. The molecule has 4 N–H and O–H groups in total. The van der Waals surface area contributed by atoms with Crippen LogP contribution in [0.1, 0.15) is 31.5 Å². The predicted octanol–water partition coefficient (Wildman–Crippen LogP) is 1.76. The number of aromatic amines is 1. The van der Waals surface area contributed by atoms with Gasteiger partial charge in [0, 0.05) is 36.6 Å². The average molecular weight is 387 g/mol. The number of hydrogen-bond acceptors (Lipinski definition) is 7. The van der Waals surface area contributed by atoms with Gasteiger partial charge in [-0.1, -0.05) is 6.07 Å². The molecule has 3 rings (SSSR count). The molecule has 2 aromatic rings. The second-order valence-electron chi connectivity index (χ2n) is 7.23. The molecule has 3 atom stereocenters. The molecule has 2 heterocycles. The predicted molar refractivity (Wildman–Crippen MR) is 109 cm³/mol. The van der Waals surface area contributed by atoms with Gasteiger partial charge in [0.15, 0.2) is 0 Å². The van der Waals surface area contributed by atoms with Crippen molar-refractivity contribution in [3.8, 4) is 5.75 Å². The van der Waals surface area contributed by atoms with Gasteiger partial charge in [0.1, 0.15) is 18.5 Å². The van der Waals surface area contributed by atoms with Gasteiger partial charge in [-0.15, -0.1) is 0 Å². The SMILES string of the molecule is CC(O)CC(C)NCC(O)COc1cccc2c1C(=Cc1ccn[nH]1)CN2[O-]. The zero-order valence-electron chi connectivity index (χ0n) is 16.1. The van der Waals surface area contributed by atoms with E-state index < -0.39 is 12.2 Å². The van der Waals surface area contributed by atoms with Gasteiger partial charge < -0.3 is 30.5 Å². The van der Waals surface area contributed by atoms with Gasteiger partial charge in [-0.3, -0.25) is 5.10 Å². The van der Waals surface area contributed by atoms with Crippen molar-refractivity contribution in [2.45, 2.75) is 38.5 Å². The lowest BCUT2D eigenvalue weighted by atomic mass is 10.1. The molecule has 0 radical (unpaired) electrons. The van der Waals surface area contributed by atoms with Crippen LogP contribution >= 0.6 is 0 Å². The summed E-state index contributed by atoms with van der Waals surface area (Å²) < 4.78 is 5.85. The Balaban J connectivity index is 1.66. The Morgan fingerprint density at radius 3 is 2.89 bits per heavy atom. The summed E-state index contributed by atoms with van der Waals surface area (Å²) in [7, 11) is 0. The highest BCUT2D eigenvalue weighted by Gasteiger charge is 2.23. The average Bonchev–Trinajstić information content (AvgIpc) is 3.27. The van der Waals surface area contributed by atoms with Crippen LogP contribution in [0, 0.1) is 5.21 Å². The minimum Gasteiger partial charge on any atom is -0.758 e. The molecule has 0 saturated carbocycles. The molecule has 0 saturated heterocycles. The summed E-state index contributed by atoms with van der Waals surface area (Å²) in [4.78, 5) is 0. The third-order valence-corrected chi connectivity index (χ3v) is 4.59. The fourth-order valence-corrected chi connectivity index (χ4v) is 3.32. The van der Waals surface area contributed by atoms with Crippen molar-refractivity contribution in [1.82, 2.24) is 15.5 Å². The number of aromatic nitrogens is 2. The van der Waals surface area contributed by atoms with E-state index in [9.17, 15) is 15.4 Å². The number of nitrogens with zero attached hydrogens (tertiary/aromatic N) is 2. The molecule has 152 valence electrons. The van der Waals surface area contributed by atoms with Crippen LogP contribution in [-0.4, -0.2) is 58.4 Å². The fourth-order valence-electron chi connectivity index (χ4n) is 3.32. The summed E-state index contributed by atoms with van der Waals surface area (Å²) in [5.41, 5.74) is 2.95. The summed E-state index contributed by atoms with van der Waals surface area (Å²) in [6, 6.07) is 7.25. The summed E-state index contributed by atoms with van der Waals surface area (Å²) in [5, 5.41) is 42.8. The lowest BCUT2D eigenvalue weighted by Crippen LogP contribution is -2.37. The maximum absolute atomic E-state index is 12.3. The molecule has 0 spiro atoms. The first-order valence-electron chi connectivity index (χ1n) is 9.44. The molecule has 0 aliphatic carbocycles. The van der Waals surface area contributed by atoms with E-state index in [-0.39, 0.29) is 19.2 Å². The maximum atomic E-state index is 12.3. The molecule has 8 heteroatoms. The molecule has 0 amide bonds. The Morgan fingerprint density at radius 1 is 1.36 bits per heavy atom. The third-order valence-electron chi connectivity index (χ3n) is 4.59. The number of nitrogens with one attached hydrogen (secondary N) is 2. The quantitative estimate of drug-likeness (QED) is 0.518. The largest absolute Gasteiger partial charge is 0.758 e. The second-order valence-corrected chi connectivity index (χ2v) is 7.23. The fraction of sp³-hybridized carbons (Fsp3) is 0.450. The van der Waals surface area contributed by atoms with Crippen molar-refractivity contribution >= 4 is 17.3 Å². The maximum Gasteiger partial charge on any atom is 0.129 e. The van der Waals surface area contributed by atoms with Gasteiger partial charge in [-0.2, -0.15) is 5.10 Å². The van der Waals surface area contributed by atoms with Crippen LogP contribution in [0.3, 0.4) is 0 Å². The van der Waals surface area contributed by atoms with Crippen LogP contribution in [0.25, 0.3) is 11.6 Å². The first-order valence-corrected chi connectivity index (χ1v) is 9.44. The molecule has 8 nitrogen and oxygen atoms in total. The topological polar surface area (TPSA) is 117 Å². The van der Waals surface area contributed by atoms with E-state index in [2.05, 4.69) is 15.5 Å². The van der Waals surface area contributed by atoms with Gasteiger partial charge in [0.05, 0.1) is 11.8 Å². The molecule has 1 aliphatic rings. The molecule has 28 heavy (non-hydrogen) atoms. The Labute approximate surface area is 164 Å². The van der Waals surface area contributed by atoms with E-state index in [4.69, 9.17) is 4.74 Å². The van der Waals surface area contributed by atoms with E-state index in [0.717, 1.165) is 21.9 Å². The van der Waals surface area contributed by atoms with Crippen molar-refractivity contribution in [1.29, 1.82) is 0 Å². The lowest BCUT2D eigenvalue weighted by Gasteiger charge is -2.24. The molecular weight excluding hydrogens is 360 g/mol. The standard InChI is InChI=1S/C20H27N4O4/c1-13(8-14(2)25)21-10-17(26)12-28-19-5-3-4-18-20(19)15(11-24(18)27)9-16-6-7-22-23-16/h3-7,9,13-14,17,21,25-26H,8,10-12H2,1-2H3,(H,22,23)/q-1. The zero-order chi connectivity index (χ0) is 20.1. The van der Waals surface area contributed by atoms with Crippen molar-refractivity contribution in [2.75, 3.05) is 24.8 Å². The number of H-pyrrole nitrogens is 1. The molecule has 3 unspecified atom stereocenters. The number of aliphatic hydroxyl groups excluding tert-OH is 2. The van der Waals surface area contributed by atoms with E-state index in [1.165, 1.54) is 0 Å². The molecular formula is C20H27N4O4-. The Morgan fingerprint density at radius 2 is 2.18 bits per heavy atom. The van der Waals surface area contributed by atoms with Crippen molar-refractivity contribution < 1.29 is 14.9 Å². The van der Waals surface area contributed by atoms with Gasteiger partial charge >= 0.3 is 0 Å². The van der Waals surface area contributed by atoms with Gasteiger partial charge in [0.25, 0.3) is 0 Å². The summed E-state index contributed by atoms with van der Waals surface area (Å²) in [6.07, 6.45) is 3.05. The van der Waals surface area contributed by atoms with Crippen LogP contribution in [-0.2, 0) is 0 Å². The highest BCUT2D eigenvalue weighted by atomic mass is 16.5. The Bertz CT molecular complexity index is 792. The minimum atomic E-state index is -0.711. The van der Waals surface area contributed by atoms with Crippen LogP contribution in [0.4, 0.5) is 5.69 Å². The molecule has 0 bridgehead atoms. The zero-order valence-corrected chi connectivity index (χ0v) is 16.1. The van der Waals surface area contributed by atoms with Gasteiger partial charge in [-0.05, 0) is 50.1 Å². The first-order chi connectivity index (χ1) is 13.4. The third kappa shape index (κ3) is 5.11. The number of aliphatic hydroxyl groups is 2. The molecule has 0 fully saturated rings. The van der Waals surface area contributed by atoms with Crippen LogP contribution in [0.5, 0.6) is 5.75 Å². The summed E-state index contributed by atoms with van der Waals surface area (Å²) >= 11 is 0. The Hall–Kier alpha value is -2.39. The van der Waals surface area contributed by atoms with Crippen LogP contribution in [0.2, 0.25) is 0 Å². The smallest absolute Gasteiger partial charge is 0.129 e. The van der Waals surface area contributed by atoms with Crippen molar-refractivity contribution in [3.63, 3.8) is 0 Å². The number of hydroxylamine groups is 1. The molecule has 1 aromatic carbocycles. The highest BCUT2D eigenvalue weighted by molar-refractivity contribution is 5.95. The van der Waals surface area contributed by atoms with Gasteiger partial charge in [0.2, 0.25) is 0 Å². The number of benzene rings is 1. The van der Waals surface area contributed by atoms with Crippen LogP contribution < -0.4 is 15.1 Å². The second kappa shape index (κ2) is 9.20. The number of fused-ring (bicyclic) bond motifs is 1. The first kappa shape index (κ1) is 20.3. The van der Waals surface area contributed by atoms with Gasteiger partial charge in [-0.25, -0.2) is 0 Å². The molecule has 1 aliphatic heterocycles. The monoisotopic (exact) mass is 387 g/mol. The van der Waals surface area contributed by atoms with E-state index in [1.807, 2.05) is 19.1 Å². The lowest BCUT2D eigenvalue weighted by molar-refractivity contribution is 0.1000. The van der Waals surface area contributed by atoms with Crippen molar-refractivity contribution in [3.05, 3.63) is 46.9 Å². The summed E-state index contributed by atoms with van der Waals surface area (Å²) in [6.45, 7) is 4.38. The number of rotatable bonds is 9. The number of hydrogen-bond donors (Lipinski definition) is 4. The number of anilines is 1. The van der Waals surface area contributed by atoms with E-state index >= 15 is 0 Å². The summed E-state index contributed by atoms with van der Waals surface area (Å²) in [5.74, 6) is 0.567. The molecule has 1 aromatic heterocycles.